The van der Waals surface area contributed by atoms with E-state index in [1.165, 1.54) is 0 Å². The molecule has 1 fully saturated rings. The van der Waals surface area contributed by atoms with Crippen LogP contribution in [0.25, 0.3) is 0 Å². The molecule has 7 heteroatoms. The Morgan fingerprint density at radius 2 is 2.53 bits per heavy atom. The Balaban J connectivity index is 1.98. The number of thioether (sulfide) groups is 1. The number of carboxylic acids is 1. The van der Waals surface area contributed by atoms with Crippen LogP contribution in [0.5, 0.6) is 0 Å². The van der Waals surface area contributed by atoms with Crippen molar-refractivity contribution in [3.63, 3.8) is 0 Å². The van der Waals surface area contributed by atoms with Gasteiger partial charge >= 0.3 is 5.97 Å². The molecule has 94 valence electrons. The zero-order valence-corrected chi connectivity index (χ0v) is 10.4. The van der Waals surface area contributed by atoms with Crippen LogP contribution in [0, 0.1) is 6.92 Å². The largest absolute Gasteiger partial charge is 0.481 e. The number of hydrogen-bond acceptors (Lipinski definition) is 6. The molecular formula is C10H15N3O3S. The van der Waals surface area contributed by atoms with Crippen LogP contribution in [0.1, 0.15) is 18.1 Å². The number of rotatable bonds is 4. The number of hydrogen-bond donors (Lipinski definition) is 1. The van der Waals surface area contributed by atoms with Crippen molar-refractivity contribution in [2.75, 3.05) is 18.1 Å². The third kappa shape index (κ3) is 3.44. The molecule has 0 saturated carbocycles. The van der Waals surface area contributed by atoms with Crippen LogP contribution in [0.2, 0.25) is 0 Å². The maximum Gasteiger partial charge on any atom is 0.304 e. The van der Waals surface area contributed by atoms with E-state index < -0.39 is 5.97 Å². The van der Waals surface area contributed by atoms with Gasteiger partial charge in [0.2, 0.25) is 5.89 Å². The summed E-state index contributed by atoms with van der Waals surface area (Å²) < 4.78 is 5.06. The number of carbonyl (C=O) groups is 1. The van der Waals surface area contributed by atoms with E-state index in [0.29, 0.717) is 18.3 Å². The van der Waals surface area contributed by atoms with Crippen LogP contribution >= 0.6 is 11.8 Å². The fourth-order valence-electron chi connectivity index (χ4n) is 1.86. The monoisotopic (exact) mass is 257 g/mol. The van der Waals surface area contributed by atoms with Gasteiger partial charge in [-0.3, -0.25) is 9.69 Å². The molecule has 17 heavy (non-hydrogen) atoms. The lowest BCUT2D eigenvalue weighted by Crippen LogP contribution is -2.43. The molecule has 6 nitrogen and oxygen atoms in total. The second-order valence-electron chi connectivity index (χ2n) is 4.03. The molecule has 0 amide bonds. The Morgan fingerprint density at radius 1 is 1.71 bits per heavy atom. The van der Waals surface area contributed by atoms with Gasteiger partial charge in [0.05, 0.1) is 13.0 Å². The van der Waals surface area contributed by atoms with Crippen molar-refractivity contribution in [2.24, 2.45) is 0 Å². The molecule has 2 heterocycles. The molecule has 1 aliphatic rings. The first-order valence-electron chi connectivity index (χ1n) is 5.48. The quantitative estimate of drug-likeness (QED) is 0.853. The highest BCUT2D eigenvalue weighted by Crippen LogP contribution is 2.20. The average Bonchev–Trinajstić information content (AvgIpc) is 2.66. The van der Waals surface area contributed by atoms with Gasteiger partial charge in [0.15, 0.2) is 5.82 Å². The van der Waals surface area contributed by atoms with Crippen molar-refractivity contribution >= 4 is 17.7 Å². The van der Waals surface area contributed by atoms with E-state index in [9.17, 15) is 4.79 Å². The third-order valence-electron chi connectivity index (χ3n) is 2.67. The summed E-state index contributed by atoms with van der Waals surface area (Å²) in [4.78, 5) is 17.0. The number of carboxylic acid groups (broad SMARTS) is 1. The van der Waals surface area contributed by atoms with Gasteiger partial charge in [0.25, 0.3) is 0 Å². The van der Waals surface area contributed by atoms with Gasteiger partial charge in [-0.05, 0) is 6.92 Å². The van der Waals surface area contributed by atoms with Crippen LogP contribution in [0.3, 0.4) is 0 Å². The molecule has 0 aromatic carbocycles. The fourth-order valence-corrected chi connectivity index (χ4v) is 3.00. The number of aryl methyl sites for hydroxylation is 1. The van der Waals surface area contributed by atoms with Crippen molar-refractivity contribution in [1.29, 1.82) is 0 Å². The molecule has 0 bridgehead atoms. The lowest BCUT2D eigenvalue weighted by atomic mass is 10.2. The van der Waals surface area contributed by atoms with Gasteiger partial charge in [-0.1, -0.05) is 5.16 Å². The van der Waals surface area contributed by atoms with Gasteiger partial charge in [0, 0.05) is 24.1 Å². The predicted octanol–water partition coefficient (Wildman–Crippen LogP) is 0.770. The maximum atomic E-state index is 10.8. The minimum absolute atomic E-state index is 0.0541. The Bertz CT molecular complexity index is 396. The summed E-state index contributed by atoms with van der Waals surface area (Å²) in [6, 6.07) is 0.0541. The van der Waals surface area contributed by atoms with Gasteiger partial charge in [-0.2, -0.15) is 16.7 Å². The topological polar surface area (TPSA) is 79.5 Å². The zero-order valence-electron chi connectivity index (χ0n) is 9.63. The fraction of sp³-hybridized carbons (Fsp3) is 0.700. The zero-order chi connectivity index (χ0) is 12.3. The normalized spacial score (nSPS) is 21.6. The standard InChI is InChI=1S/C10H15N3O3S/c1-7-11-9(16-12-7)5-13-2-3-17-6-8(13)4-10(14)15/h8H,2-6H2,1H3,(H,14,15). The molecule has 1 N–H and O–H groups in total. The Labute approximate surface area is 103 Å². The summed E-state index contributed by atoms with van der Waals surface area (Å²) in [5.74, 6) is 2.28. The van der Waals surface area contributed by atoms with Crippen molar-refractivity contribution in [3.8, 4) is 0 Å². The Morgan fingerprint density at radius 3 is 3.18 bits per heavy atom. The van der Waals surface area contributed by atoms with Crippen LogP contribution in [-0.2, 0) is 11.3 Å². The minimum atomic E-state index is -0.760. The van der Waals surface area contributed by atoms with E-state index >= 15 is 0 Å². The summed E-state index contributed by atoms with van der Waals surface area (Å²) in [5.41, 5.74) is 0. The molecule has 1 saturated heterocycles. The van der Waals surface area contributed by atoms with E-state index in [1.54, 1.807) is 18.7 Å². The first-order chi connectivity index (χ1) is 8.15. The highest BCUT2D eigenvalue weighted by atomic mass is 32.2. The molecule has 1 unspecified atom stereocenters. The summed E-state index contributed by atoms with van der Waals surface area (Å²) in [6.45, 7) is 3.18. The first kappa shape index (κ1) is 12.4. The maximum absolute atomic E-state index is 10.8. The van der Waals surface area contributed by atoms with Gasteiger partial charge < -0.3 is 9.63 Å². The lowest BCUT2D eigenvalue weighted by Gasteiger charge is -2.33. The summed E-state index contributed by atoms with van der Waals surface area (Å²) in [7, 11) is 0. The van der Waals surface area contributed by atoms with Gasteiger partial charge in [-0.15, -0.1) is 0 Å². The van der Waals surface area contributed by atoms with Gasteiger partial charge in [-0.25, -0.2) is 0 Å². The summed E-state index contributed by atoms with van der Waals surface area (Å²) >= 11 is 1.79. The smallest absolute Gasteiger partial charge is 0.304 e. The molecule has 0 aliphatic carbocycles. The second kappa shape index (κ2) is 5.50. The van der Waals surface area contributed by atoms with Crippen molar-refractivity contribution in [3.05, 3.63) is 11.7 Å². The second-order valence-corrected chi connectivity index (χ2v) is 5.18. The lowest BCUT2D eigenvalue weighted by molar-refractivity contribution is -0.138. The minimum Gasteiger partial charge on any atom is -0.481 e. The molecule has 2 rings (SSSR count). The van der Waals surface area contributed by atoms with Gasteiger partial charge in [0.1, 0.15) is 0 Å². The van der Waals surface area contributed by atoms with Crippen molar-refractivity contribution in [1.82, 2.24) is 15.0 Å². The number of aromatic nitrogens is 2. The van der Waals surface area contributed by atoms with Crippen molar-refractivity contribution < 1.29 is 14.4 Å². The van der Waals surface area contributed by atoms with Crippen LogP contribution in [0.15, 0.2) is 4.52 Å². The molecule has 0 radical (unpaired) electrons. The number of nitrogens with zero attached hydrogens (tertiary/aromatic N) is 3. The van der Waals surface area contributed by atoms with Crippen LogP contribution in [0.4, 0.5) is 0 Å². The highest BCUT2D eigenvalue weighted by molar-refractivity contribution is 7.99. The van der Waals surface area contributed by atoms with E-state index in [4.69, 9.17) is 9.63 Å². The molecule has 0 spiro atoms. The van der Waals surface area contributed by atoms with E-state index in [2.05, 4.69) is 15.0 Å². The van der Waals surface area contributed by atoms with E-state index in [-0.39, 0.29) is 12.5 Å². The highest BCUT2D eigenvalue weighted by Gasteiger charge is 2.26. The molecule has 1 atom stereocenters. The van der Waals surface area contributed by atoms with Crippen LogP contribution in [-0.4, -0.2) is 50.2 Å². The number of aliphatic carboxylic acids is 1. The average molecular weight is 257 g/mol. The van der Waals surface area contributed by atoms with Crippen LogP contribution < -0.4 is 0 Å². The Kier molecular flexibility index (Phi) is 4.01. The molecular weight excluding hydrogens is 242 g/mol. The molecule has 1 aromatic rings. The SMILES string of the molecule is Cc1noc(CN2CCSCC2CC(=O)O)n1. The molecule has 1 aliphatic heterocycles. The van der Waals surface area contributed by atoms with E-state index in [0.717, 1.165) is 18.1 Å². The Hall–Kier alpha value is -1.08. The first-order valence-corrected chi connectivity index (χ1v) is 6.63. The summed E-state index contributed by atoms with van der Waals surface area (Å²) in [6.07, 6.45) is 0.167. The molecule has 1 aromatic heterocycles. The third-order valence-corrected chi connectivity index (χ3v) is 3.76. The van der Waals surface area contributed by atoms with Crippen molar-refractivity contribution in [2.45, 2.75) is 25.9 Å². The van der Waals surface area contributed by atoms with E-state index in [1.807, 2.05) is 0 Å². The predicted molar refractivity (Wildman–Crippen MR) is 62.8 cm³/mol. The summed E-state index contributed by atoms with van der Waals surface area (Å²) in [5, 5.41) is 12.6.